The van der Waals surface area contributed by atoms with E-state index < -0.39 is 6.17 Å². The lowest BCUT2D eigenvalue weighted by molar-refractivity contribution is 0.110. The molecule has 0 aliphatic carbocycles. The van der Waals surface area contributed by atoms with Gasteiger partial charge in [0.2, 0.25) is 5.88 Å². The molecule has 0 saturated carbocycles. The minimum atomic E-state index is -0.821. The summed E-state index contributed by atoms with van der Waals surface area (Å²) in [5, 5.41) is 16.6. The standard InChI is InChI=1S/C33H36F2N4O3/c1-2-24-27(35)7-4-19-10-23(40)11-25(31(19)24)28-12-26-29(42-28)13-30(37-32(26)38-16-21-5-6-22(17-38)36-21)41-18-33-8-3-9-39(33)15-20(34)14-33/h4,7,10-13,20-22,36,40H,2-3,5-6,8-9,14-18H2,1H3/t20-,21?,22?,33+/m1/s1. The number of fused-ring (bicyclic) bond motifs is 5. The van der Waals surface area contributed by atoms with Gasteiger partial charge >= 0.3 is 0 Å². The lowest BCUT2D eigenvalue weighted by Gasteiger charge is -2.34. The summed E-state index contributed by atoms with van der Waals surface area (Å²) in [5.41, 5.74) is 1.58. The zero-order valence-electron chi connectivity index (χ0n) is 23.8. The van der Waals surface area contributed by atoms with E-state index in [4.69, 9.17) is 14.1 Å². The fraction of sp³-hybridized carbons (Fsp3) is 0.485. The van der Waals surface area contributed by atoms with Crippen molar-refractivity contribution in [1.82, 2.24) is 15.2 Å². The normalized spacial score (nSPS) is 27.4. The average Bonchev–Trinajstić information content (AvgIpc) is 3.73. The molecule has 2 aromatic heterocycles. The molecule has 4 saturated heterocycles. The Bertz CT molecular complexity index is 1680. The molecule has 2 bridgehead atoms. The van der Waals surface area contributed by atoms with Crippen molar-refractivity contribution in [3.05, 3.63) is 47.8 Å². The van der Waals surface area contributed by atoms with Crippen LogP contribution in [0.15, 0.2) is 40.8 Å². The molecule has 42 heavy (non-hydrogen) atoms. The van der Waals surface area contributed by atoms with E-state index in [1.807, 2.05) is 19.1 Å². The van der Waals surface area contributed by atoms with Crippen molar-refractivity contribution in [2.24, 2.45) is 0 Å². The quantitative estimate of drug-likeness (QED) is 0.295. The molecule has 7 nitrogen and oxygen atoms in total. The molecule has 2 N–H and O–H groups in total. The Morgan fingerprint density at radius 1 is 1.14 bits per heavy atom. The zero-order valence-corrected chi connectivity index (χ0v) is 23.8. The third-order valence-electron chi connectivity index (χ3n) is 10.0. The first-order valence-corrected chi connectivity index (χ1v) is 15.3. The highest BCUT2D eigenvalue weighted by Gasteiger charge is 2.49. The van der Waals surface area contributed by atoms with Crippen molar-refractivity contribution in [2.45, 2.75) is 69.2 Å². The second-order valence-corrected chi connectivity index (χ2v) is 12.7. The Labute approximate surface area is 243 Å². The van der Waals surface area contributed by atoms with Gasteiger partial charge in [-0.2, -0.15) is 4.98 Å². The van der Waals surface area contributed by atoms with E-state index in [0.29, 0.717) is 66.4 Å². The van der Waals surface area contributed by atoms with Gasteiger partial charge in [0.25, 0.3) is 0 Å². The highest BCUT2D eigenvalue weighted by Crippen LogP contribution is 2.43. The maximum Gasteiger partial charge on any atom is 0.219 e. The molecule has 2 unspecified atom stereocenters. The van der Waals surface area contributed by atoms with Gasteiger partial charge in [0, 0.05) is 49.8 Å². The summed E-state index contributed by atoms with van der Waals surface area (Å²) < 4.78 is 42.2. The second kappa shape index (κ2) is 9.81. The van der Waals surface area contributed by atoms with Gasteiger partial charge in [0.05, 0.1) is 10.9 Å². The van der Waals surface area contributed by atoms with E-state index >= 15 is 0 Å². The number of aromatic nitrogens is 1. The fourth-order valence-electron chi connectivity index (χ4n) is 8.11. The van der Waals surface area contributed by atoms with Gasteiger partial charge in [-0.25, -0.2) is 8.78 Å². The maximum absolute atomic E-state index is 14.9. The predicted octanol–water partition coefficient (Wildman–Crippen LogP) is 5.95. The van der Waals surface area contributed by atoms with Gasteiger partial charge in [-0.1, -0.05) is 13.0 Å². The van der Waals surface area contributed by atoms with Crippen LogP contribution in [0, 0.1) is 5.82 Å². The zero-order chi connectivity index (χ0) is 28.6. The number of aromatic hydroxyl groups is 1. The molecule has 2 aromatic carbocycles. The molecule has 0 radical (unpaired) electrons. The van der Waals surface area contributed by atoms with Crippen LogP contribution in [0.2, 0.25) is 0 Å². The van der Waals surface area contributed by atoms with Gasteiger partial charge in [0.15, 0.2) is 0 Å². The molecule has 4 aliphatic rings. The lowest BCUT2D eigenvalue weighted by Crippen LogP contribution is -2.51. The first-order valence-electron chi connectivity index (χ1n) is 15.3. The third kappa shape index (κ3) is 4.23. The molecular formula is C33H36F2N4O3. The predicted molar refractivity (Wildman–Crippen MR) is 159 cm³/mol. The topological polar surface area (TPSA) is 74.0 Å². The first kappa shape index (κ1) is 26.2. The van der Waals surface area contributed by atoms with Crippen LogP contribution in [0.4, 0.5) is 14.6 Å². The van der Waals surface area contributed by atoms with Crippen LogP contribution in [0.3, 0.4) is 0 Å². The van der Waals surface area contributed by atoms with Crippen molar-refractivity contribution in [3.63, 3.8) is 0 Å². The highest BCUT2D eigenvalue weighted by atomic mass is 19.1. The van der Waals surface area contributed by atoms with Crippen LogP contribution < -0.4 is 15.0 Å². The highest BCUT2D eigenvalue weighted by molar-refractivity contribution is 6.02. The maximum atomic E-state index is 14.9. The van der Waals surface area contributed by atoms with Crippen molar-refractivity contribution in [1.29, 1.82) is 0 Å². The Balaban J connectivity index is 1.24. The molecule has 220 valence electrons. The van der Waals surface area contributed by atoms with Crippen LogP contribution in [0.5, 0.6) is 11.6 Å². The summed E-state index contributed by atoms with van der Waals surface area (Å²) in [7, 11) is 0. The first-order chi connectivity index (χ1) is 20.4. The molecule has 8 rings (SSSR count). The van der Waals surface area contributed by atoms with Crippen molar-refractivity contribution in [2.75, 3.05) is 37.7 Å². The minimum Gasteiger partial charge on any atom is -0.508 e. The van der Waals surface area contributed by atoms with Crippen molar-refractivity contribution >= 4 is 27.6 Å². The number of furan rings is 1. The number of alkyl halides is 1. The summed E-state index contributed by atoms with van der Waals surface area (Å²) >= 11 is 0. The van der Waals surface area contributed by atoms with Gasteiger partial charge in [-0.3, -0.25) is 4.90 Å². The number of phenolic OH excluding ortho intramolecular Hbond substituents is 1. The van der Waals surface area contributed by atoms with E-state index in [2.05, 4.69) is 15.1 Å². The summed E-state index contributed by atoms with van der Waals surface area (Å²) in [5.74, 6) is 1.63. The molecule has 0 spiro atoms. The molecular weight excluding hydrogens is 538 g/mol. The Morgan fingerprint density at radius 3 is 2.79 bits per heavy atom. The van der Waals surface area contributed by atoms with Gasteiger partial charge in [-0.15, -0.1) is 0 Å². The number of nitrogens with one attached hydrogen (secondary N) is 1. The van der Waals surface area contributed by atoms with Crippen LogP contribution in [0.1, 0.15) is 44.6 Å². The smallest absolute Gasteiger partial charge is 0.219 e. The van der Waals surface area contributed by atoms with Crippen LogP contribution in [-0.2, 0) is 6.42 Å². The number of anilines is 1. The van der Waals surface area contributed by atoms with Gasteiger partial charge < -0.3 is 24.5 Å². The number of hydrogen-bond acceptors (Lipinski definition) is 7. The molecule has 6 heterocycles. The Morgan fingerprint density at radius 2 is 1.98 bits per heavy atom. The molecule has 4 aromatic rings. The number of piperazine rings is 1. The number of rotatable bonds is 6. The van der Waals surface area contributed by atoms with Gasteiger partial charge in [0.1, 0.15) is 41.5 Å². The molecule has 0 amide bonds. The average molecular weight is 575 g/mol. The molecule has 4 fully saturated rings. The number of halogens is 2. The summed E-state index contributed by atoms with van der Waals surface area (Å²) in [6.45, 7) is 5.38. The SMILES string of the molecule is CCc1c(F)ccc2cc(O)cc(-c3cc4c(N5CC6CCC(C5)N6)nc(OC[C@@]56CCCN5C[C@H](F)C6)cc4o3)c12. The van der Waals surface area contributed by atoms with Crippen LogP contribution in [0.25, 0.3) is 33.1 Å². The summed E-state index contributed by atoms with van der Waals surface area (Å²) in [6, 6.07) is 11.1. The molecule has 4 atom stereocenters. The second-order valence-electron chi connectivity index (χ2n) is 12.7. The molecule has 4 aliphatic heterocycles. The van der Waals surface area contributed by atoms with Crippen molar-refractivity contribution < 1.29 is 23.0 Å². The van der Waals surface area contributed by atoms with Crippen LogP contribution >= 0.6 is 0 Å². The number of hydrogen-bond donors (Lipinski definition) is 2. The fourth-order valence-corrected chi connectivity index (χ4v) is 8.11. The lowest BCUT2D eigenvalue weighted by atomic mass is 9.95. The number of ether oxygens (including phenoxy) is 1. The van der Waals surface area contributed by atoms with E-state index in [1.165, 1.54) is 6.07 Å². The Hall–Kier alpha value is -3.43. The van der Waals surface area contributed by atoms with E-state index in [0.717, 1.165) is 67.3 Å². The summed E-state index contributed by atoms with van der Waals surface area (Å²) in [4.78, 5) is 9.60. The van der Waals surface area contributed by atoms with E-state index in [9.17, 15) is 13.9 Å². The monoisotopic (exact) mass is 574 g/mol. The summed E-state index contributed by atoms with van der Waals surface area (Å²) in [6.07, 6.45) is 4.44. The van der Waals surface area contributed by atoms with Crippen LogP contribution in [-0.4, -0.2) is 71.6 Å². The minimum absolute atomic E-state index is 0.0933. The number of pyridine rings is 1. The number of aryl methyl sites for hydroxylation is 1. The number of nitrogens with zero attached hydrogens (tertiary/aromatic N) is 3. The number of phenols is 1. The van der Waals surface area contributed by atoms with Gasteiger partial charge in [-0.05, 0) is 79.3 Å². The Kier molecular flexibility index (Phi) is 6.12. The third-order valence-corrected chi connectivity index (χ3v) is 10.0. The van der Waals surface area contributed by atoms with E-state index in [-0.39, 0.29) is 17.1 Å². The molecule has 9 heteroatoms. The number of benzene rings is 2. The van der Waals surface area contributed by atoms with Crippen molar-refractivity contribution in [3.8, 4) is 23.0 Å². The van der Waals surface area contributed by atoms with E-state index in [1.54, 1.807) is 18.2 Å². The largest absolute Gasteiger partial charge is 0.508 e.